The molecule has 0 aliphatic carbocycles. The van der Waals surface area contributed by atoms with Crippen LogP contribution in [-0.4, -0.2) is 24.6 Å². The predicted molar refractivity (Wildman–Crippen MR) is 107 cm³/mol. The molecule has 0 aliphatic rings. The second-order valence-electron chi connectivity index (χ2n) is 5.59. The molecule has 0 fully saturated rings. The zero-order valence-corrected chi connectivity index (χ0v) is 17.5. The SMILES string of the molecule is CCn1c(=NC(=O)c2ccc(S(=O)(=O)CC)cc2)sc2cc(Br)ccc21. The summed E-state index contributed by atoms with van der Waals surface area (Å²) in [6.07, 6.45) is 0. The van der Waals surface area contributed by atoms with E-state index in [1.165, 1.54) is 35.6 Å². The number of aromatic nitrogens is 1. The fourth-order valence-electron chi connectivity index (χ4n) is 2.56. The van der Waals surface area contributed by atoms with Gasteiger partial charge in [0.2, 0.25) is 0 Å². The van der Waals surface area contributed by atoms with Gasteiger partial charge >= 0.3 is 0 Å². The summed E-state index contributed by atoms with van der Waals surface area (Å²) in [6, 6.07) is 11.9. The van der Waals surface area contributed by atoms with Gasteiger partial charge in [-0.05, 0) is 49.4 Å². The van der Waals surface area contributed by atoms with Crippen molar-refractivity contribution in [2.45, 2.75) is 25.3 Å². The molecule has 0 saturated heterocycles. The Hall–Kier alpha value is -1.77. The zero-order chi connectivity index (χ0) is 18.9. The van der Waals surface area contributed by atoms with Gasteiger partial charge in [0.25, 0.3) is 5.91 Å². The Kier molecular flexibility index (Phi) is 5.45. The first-order chi connectivity index (χ1) is 12.4. The average molecular weight is 453 g/mol. The molecule has 0 spiro atoms. The summed E-state index contributed by atoms with van der Waals surface area (Å²) < 4.78 is 27.7. The van der Waals surface area contributed by atoms with Gasteiger partial charge in [-0.3, -0.25) is 4.79 Å². The van der Waals surface area contributed by atoms with Crippen LogP contribution in [0.1, 0.15) is 24.2 Å². The highest BCUT2D eigenvalue weighted by Crippen LogP contribution is 2.22. The van der Waals surface area contributed by atoms with E-state index in [1.54, 1.807) is 6.92 Å². The van der Waals surface area contributed by atoms with Gasteiger partial charge in [0.1, 0.15) is 0 Å². The van der Waals surface area contributed by atoms with Crippen LogP contribution < -0.4 is 4.80 Å². The molecular formula is C18H17BrN2O3S2. The molecule has 0 saturated carbocycles. The van der Waals surface area contributed by atoms with Crippen LogP contribution >= 0.6 is 27.3 Å². The second-order valence-corrected chi connectivity index (χ2v) is 9.79. The molecule has 0 aliphatic heterocycles. The number of sulfone groups is 1. The summed E-state index contributed by atoms with van der Waals surface area (Å²) in [5, 5.41) is 0. The van der Waals surface area contributed by atoms with E-state index < -0.39 is 15.7 Å². The Bertz CT molecular complexity index is 1140. The molecule has 2 aromatic carbocycles. The number of halogens is 1. The quantitative estimate of drug-likeness (QED) is 0.599. The highest BCUT2D eigenvalue weighted by Gasteiger charge is 2.13. The Morgan fingerprint density at radius 2 is 1.85 bits per heavy atom. The highest BCUT2D eigenvalue weighted by molar-refractivity contribution is 9.10. The van der Waals surface area contributed by atoms with Gasteiger partial charge < -0.3 is 4.57 Å². The standard InChI is InChI=1S/C18H17BrN2O3S2/c1-3-21-15-10-7-13(19)11-16(15)25-18(21)20-17(22)12-5-8-14(9-6-12)26(23,24)4-2/h5-11H,3-4H2,1-2H3. The first-order valence-electron chi connectivity index (χ1n) is 8.06. The number of hydrogen-bond donors (Lipinski definition) is 0. The molecule has 26 heavy (non-hydrogen) atoms. The van der Waals surface area contributed by atoms with Crippen LogP contribution in [0.3, 0.4) is 0 Å². The van der Waals surface area contributed by atoms with Crippen LogP contribution in [0.2, 0.25) is 0 Å². The molecule has 1 amide bonds. The maximum absolute atomic E-state index is 12.5. The lowest BCUT2D eigenvalue weighted by Gasteiger charge is -2.02. The number of thiazole rings is 1. The van der Waals surface area contributed by atoms with Crippen molar-refractivity contribution in [3.63, 3.8) is 0 Å². The Morgan fingerprint density at radius 1 is 1.15 bits per heavy atom. The third-order valence-corrected chi connectivity index (χ3v) is 7.28. The number of rotatable bonds is 4. The van der Waals surface area contributed by atoms with Crippen LogP contribution in [0.4, 0.5) is 0 Å². The number of fused-ring (bicyclic) bond motifs is 1. The number of carbonyl (C=O) groups excluding carboxylic acids is 1. The summed E-state index contributed by atoms with van der Waals surface area (Å²) >= 11 is 4.90. The van der Waals surface area contributed by atoms with Crippen LogP contribution in [0, 0.1) is 0 Å². The average Bonchev–Trinajstić information content (AvgIpc) is 2.97. The Morgan fingerprint density at radius 3 is 2.46 bits per heavy atom. The smallest absolute Gasteiger partial charge is 0.279 e. The van der Waals surface area contributed by atoms with Gasteiger partial charge in [-0.1, -0.05) is 34.2 Å². The molecule has 0 bridgehead atoms. The third kappa shape index (κ3) is 3.67. The van der Waals surface area contributed by atoms with Crippen molar-refractivity contribution in [1.29, 1.82) is 0 Å². The molecule has 3 aromatic rings. The van der Waals surface area contributed by atoms with E-state index in [0.29, 0.717) is 16.9 Å². The summed E-state index contributed by atoms with van der Waals surface area (Å²) in [6.45, 7) is 4.29. The third-order valence-electron chi connectivity index (χ3n) is 4.00. The number of nitrogens with zero attached hydrogens (tertiary/aromatic N) is 2. The molecule has 8 heteroatoms. The van der Waals surface area contributed by atoms with E-state index in [0.717, 1.165) is 14.7 Å². The minimum absolute atomic E-state index is 0.0263. The largest absolute Gasteiger partial charge is 0.317 e. The molecule has 0 unspecified atom stereocenters. The van der Waals surface area contributed by atoms with E-state index in [-0.39, 0.29) is 10.6 Å². The van der Waals surface area contributed by atoms with E-state index >= 15 is 0 Å². The number of amides is 1. The van der Waals surface area contributed by atoms with Gasteiger partial charge in [0.05, 0.1) is 20.9 Å². The molecule has 0 radical (unpaired) electrons. The lowest BCUT2D eigenvalue weighted by atomic mass is 10.2. The summed E-state index contributed by atoms with van der Waals surface area (Å²) in [4.78, 5) is 17.6. The summed E-state index contributed by atoms with van der Waals surface area (Å²) in [5.74, 6) is -0.364. The van der Waals surface area contributed by atoms with Gasteiger partial charge in [-0.15, -0.1) is 0 Å². The first kappa shape index (κ1) is 19.0. The lowest BCUT2D eigenvalue weighted by molar-refractivity contribution is 0.0997. The maximum atomic E-state index is 12.5. The summed E-state index contributed by atoms with van der Waals surface area (Å²) in [5.41, 5.74) is 1.39. The first-order valence-corrected chi connectivity index (χ1v) is 11.3. The topological polar surface area (TPSA) is 68.5 Å². The molecule has 3 rings (SSSR count). The number of benzene rings is 2. The monoisotopic (exact) mass is 452 g/mol. The molecule has 5 nitrogen and oxygen atoms in total. The zero-order valence-electron chi connectivity index (χ0n) is 14.3. The Balaban J connectivity index is 2.02. The second kappa shape index (κ2) is 7.46. The van der Waals surface area contributed by atoms with Crippen molar-refractivity contribution in [2.75, 3.05) is 5.75 Å². The maximum Gasteiger partial charge on any atom is 0.279 e. The minimum atomic E-state index is -3.28. The van der Waals surface area contributed by atoms with Crippen molar-refractivity contribution in [2.24, 2.45) is 4.99 Å². The van der Waals surface area contributed by atoms with E-state index in [1.807, 2.05) is 29.7 Å². The normalized spacial score (nSPS) is 12.7. The molecule has 136 valence electrons. The molecule has 1 heterocycles. The van der Waals surface area contributed by atoms with Gasteiger partial charge in [0.15, 0.2) is 14.6 Å². The van der Waals surface area contributed by atoms with Crippen molar-refractivity contribution < 1.29 is 13.2 Å². The molecule has 1 aromatic heterocycles. The Labute approximate surface area is 164 Å². The fourth-order valence-corrected chi connectivity index (χ4v) is 5.09. The number of aryl methyl sites for hydroxylation is 1. The van der Waals surface area contributed by atoms with Crippen LogP contribution in [0.25, 0.3) is 10.2 Å². The van der Waals surface area contributed by atoms with Crippen LogP contribution in [0.5, 0.6) is 0 Å². The fraction of sp³-hybridized carbons (Fsp3) is 0.222. The van der Waals surface area contributed by atoms with E-state index in [2.05, 4.69) is 20.9 Å². The van der Waals surface area contributed by atoms with E-state index in [9.17, 15) is 13.2 Å². The van der Waals surface area contributed by atoms with Gasteiger partial charge in [0, 0.05) is 16.6 Å². The predicted octanol–water partition coefficient (Wildman–Crippen LogP) is 4.02. The van der Waals surface area contributed by atoms with Crippen molar-refractivity contribution in [1.82, 2.24) is 4.57 Å². The van der Waals surface area contributed by atoms with Gasteiger partial charge in [-0.25, -0.2) is 8.42 Å². The van der Waals surface area contributed by atoms with Gasteiger partial charge in [-0.2, -0.15) is 4.99 Å². The highest BCUT2D eigenvalue weighted by atomic mass is 79.9. The summed E-state index contributed by atoms with van der Waals surface area (Å²) in [7, 11) is -3.28. The molecular weight excluding hydrogens is 436 g/mol. The van der Waals surface area contributed by atoms with Crippen molar-refractivity contribution in [3.8, 4) is 0 Å². The van der Waals surface area contributed by atoms with Crippen molar-refractivity contribution in [3.05, 3.63) is 57.3 Å². The number of hydrogen-bond acceptors (Lipinski definition) is 4. The molecule has 0 N–H and O–H groups in total. The minimum Gasteiger partial charge on any atom is -0.317 e. The number of carbonyl (C=O) groups is 1. The van der Waals surface area contributed by atoms with Crippen molar-refractivity contribution >= 4 is 53.2 Å². The molecule has 0 atom stereocenters. The lowest BCUT2D eigenvalue weighted by Crippen LogP contribution is -2.16. The van der Waals surface area contributed by atoms with E-state index in [4.69, 9.17) is 0 Å². The van der Waals surface area contributed by atoms with Crippen LogP contribution in [0.15, 0.2) is 56.8 Å². The van der Waals surface area contributed by atoms with Crippen LogP contribution in [-0.2, 0) is 16.4 Å².